The fraction of sp³-hybridized carbons (Fsp3) is 0.533. The van der Waals surface area contributed by atoms with Crippen LogP contribution in [0.15, 0.2) is 24.3 Å². The summed E-state index contributed by atoms with van der Waals surface area (Å²) in [5, 5.41) is 3.04. The van der Waals surface area contributed by atoms with Gasteiger partial charge in [0.05, 0.1) is 13.5 Å². The van der Waals surface area contributed by atoms with E-state index in [4.69, 9.17) is 10.5 Å². The number of hydrogen-bond acceptors (Lipinski definition) is 3. The van der Waals surface area contributed by atoms with E-state index in [-0.39, 0.29) is 11.9 Å². The third-order valence-corrected chi connectivity index (χ3v) is 3.13. The molecule has 1 amide bonds. The topological polar surface area (TPSA) is 64.3 Å². The highest BCUT2D eigenvalue weighted by Crippen LogP contribution is 2.13. The Balaban J connectivity index is 2.58. The average molecular weight is 264 g/mol. The van der Waals surface area contributed by atoms with Crippen LogP contribution in [0, 0.1) is 5.92 Å². The Morgan fingerprint density at radius 2 is 2.16 bits per heavy atom. The van der Waals surface area contributed by atoms with Gasteiger partial charge in [0.25, 0.3) is 0 Å². The van der Waals surface area contributed by atoms with Crippen molar-refractivity contribution < 1.29 is 9.53 Å². The van der Waals surface area contributed by atoms with E-state index in [2.05, 4.69) is 19.2 Å². The number of rotatable bonds is 7. The first-order chi connectivity index (χ1) is 9.06. The van der Waals surface area contributed by atoms with E-state index < -0.39 is 0 Å². The monoisotopic (exact) mass is 264 g/mol. The smallest absolute Gasteiger partial charge is 0.224 e. The molecule has 4 heteroatoms. The fourth-order valence-corrected chi connectivity index (χ4v) is 1.98. The number of ether oxygens (including phenoxy) is 1. The lowest BCUT2D eigenvalue weighted by Gasteiger charge is -2.21. The zero-order valence-electron chi connectivity index (χ0n) is 12.0. The number of nitrogens with two attached hydrogens (primary N) is 1. The molecule has 1 aromatic rings. The first-order valence-electron chi connectivity index (χ1n) is 6.69. The minimum absolute atomic E-state index is 0.0282. The molecule has 1 atom stereocenters. The number of methoxy groups -OCH3 is 1. The van der Waals surface area contributed by atoms with Crippen molar-refractivity contribution in [2.24, 2.45) is 11.7 Å². The third kappa shape index (κ3) is 5.30. The lowest BCUT2D eigenvalue weighted by molar-refractivity contribution is -0.121. The summed E-state index contributed by atoms with van der Waals surface area (Å²) in [4.78, 5) is 12.0. The van der Waals surface area contributed by atoms with Crippen LogP contribution in [-0.2, 0) is 11.2 Å². The summed E-state index contributed by atoms with van der Waals surface area (Å²) in [7, 11) is 1.62. The van der Waals surface area contributed by atoms with Crippen molar-refractivity contribution in [1.29, 1.82) is 0 Å². The summed E-state index contributed by atoms with van der Waals surface area (Å²) in [5.41, 5.74) is 6.52. The summed E-state index contributed by atoms with van der Waals surface area (Å²) in [6.07, 6.45) is 1.17. The Labute approximate surface area is 115 Å². The minimum atomic E-state index is 0.0282. The van der Waals surface area contributed by atoms with Gasteiger partial charge in [-0.3, -0.25) is 4.79 Å². The van der Waals surface area contributed by atoms with Gasteiger partial charge in [-0.2, -0.15) is 0 Å². The maximum atomic E-state index is 12.0. The highest BCUT2D eigenvalue weighted by Gasteiger charge is 2.15. The zero-order valence-corrected chi connectivity index (χ0v) is 12.0. The molecule has 0 aliphatic heterocycles. The molecule has 0 spiro atoms. The van der Waals surface area contributed by atoms with Crippen LogP contribution >= 0.6 is 0 Å². The van der Waals surface area contributed by atoms with Crippen molar-refractivity contribution in [3.63, 3.8) is 0 Å². The number of nitrogens with one attached hydrogen (secondary N) is 1. The van der Waals surface area contributed by atoms with Crippen LogP contribution in [0.3, 0.4) is 0 Å². The van der Waals surface area contributed by atoms with Gasteiger partial charge in [0.2, 0.25) is 5.91 Å². The maximum Gasteiger partial charge on any atom is 0.224 e. The van der Waals surface area contributed by atoms with Crippen molar-refractivity contribution in [3.8, 4) is 5.75 Å². The lowest BCUT2D eigenvalue weighted by atomic mass is 10.0. The Kier molecular flexibility index (Phi) is 6.36. The molecule has 0 fully saturated rings. The molecule has 106 valence electrons. The van der Waals surface area contributed by atoms with Crippen LogP contribution in [0.4, 0.5) is 0 Å². The molecule has 19 heavy (non-hydrogen) atoms. The first kappa shape index (κ1) is 15.5. The molecule has 0 heterocycles. The Bertz CT molecular complexity index is 405. The molecule has 0 aromatic heterocycles. The van der Waals surface area contributed by atoms with E-state index in [0.717, 1.165) is 17.7 Å². The van der Waals surface area contributed by atoms with Gasteiger partial charge in [0.1, 0.15) is 5.75 Å². The van der Waals surface area contributed by atoms with Crippen LogP contribution < -0.4 is 15.8 Å². The van der Waals surface area contributed by atoms with E-state index in [1.165, 1.54) is 0 Å². The molecule has 0 saturated carbocycles. The first-order valence-corrected chi connectivity index (χ1v) is 6.69. The van der Waals surface area contributed by atoms with Crippen molar-refractivity contribution in [2.75, 3.05) is 13.7 Å². The van der Waals surface area contributed by atoms with Gasteiger partial charge < -0.3 is 15.8 Å². The average Bonchev–Trinajstić information content (AvgIpc) is 2.38. The standard InChI is InChI=1S/C15H24N2O2/c1-11(2)14(7-8-16)17-15(18)10-12-5-4-6-13(9-12)19-3/h4-6,9,11,14H,7-8,10,16H2,1-3H3,(H,17,18). The summed E-state index contributed by atoms with van der Waals surface area (Å²) >= 11 is 0. The van der Waals surface area contributed by atoms with E-state index in [9.17, 15) is 4.79 Å². The normalized spacial score (nSPS) is 12.3. The number of carbonyl (C=O) groups excluding carboxylic acids is 1. The van der Waals surface area contributed by atoms with Crippen molar-refractivity contribution >= 4 is 5.91 Å². The van der Waals surface area contributed by atoms with Crippen molar-refractivity contribution in [1.82, 2.24) is 5.32 Å². The second-order valence-corrected chi connectivity index (χ2v) is 5.02. The quantitative estimate of drug-likeness (QED) is 0.788. The van der Waals surface area contributed by atoms with Crippen LogP contribution in [0.5, 0.6) is 5.75 Å². The van der Waals surface area contributed by atoms with E-state index in [0.29, 0.717) is 18.9 Å². The van der Waals surface area contributed by atoms with Gasteiger partial charge in [0, 0.05) is 6.04 Å². The number of benzene rings is 1. The lowest BCUT2D eigenvalue weighted by Crippen LogP contribution is -2.40. The van der Waals surface area contributed by atoms with Gasteiger partial charge in [-0.25, -0.2) is 0 Å². The second-order valence-electron chi connectivity index (χ2n) is 5.02. The molecule has 0 aliphatic carbocycles. The molecule has 1 rings (SSSR count). The maximum absolute atomic E-state index is 12.0. The summed E-state index contributed by atoms with van der Waals surface area (Å²) in [5.74, 6) is 1.19. The van der Waals surface area contributed by atoms with E-state index >= 15 is 0 Å². The van der Waals surface area contributed by atoms with Crippen LogP contribution in [0.25, 0.3) is 0 Å². The third-order valence-electron chi connectivity index (χ3n) is 3.13. The van der Waals surface area contributed by atoms with Crippen molar-refractivity contribution in [2.45, 2.75) is 32.7 Å². The molecule has 0 saturated heterocycles. The molecule has 3 N–H and O–H groups in total. The highest BCUT2D eigenvalue weighted by atomic mass is 16.5. The molecule has 0 aliphatic rings. The summed E-state index contributed by atoms with van der Waals surface area (Å²) < 4.78 is 5.15. The van der Waals surface area contributed by atoms with Gasteiger partial charge >= 0.3 is 0 Å². The van der Waals surface area contributed by atoms with Crippen molar-refractivity contribution in [3.05, 3.63) is 29.8 Å². The fourth-order valence-electron chi connectivity index (χ4n) is 1.98. The molecule has 1 unspecified atom stereocenters. The molecule has 1 aromatic carbocycles. The van der Waals surface area contributed by atoms with Crippen LogP contribution in [0.2, 0.25) is 0 Å². The SMILES string of the molecule is COc1cccc(CC(=O)NC(CCN)C(C)C)c1. The van der Waals surface area contributed by atoms with Crippen LogP contribution in [0.1, 0.15) is 25.8 Å². The zero-order chi connectivity index (χ0) is 14.3. The van der Waals surface area contributed by atoms with Gasteiger partial charge in [-0.1, -0.05) is 26.0 Å². The van der Waals surface area contributed by atoms with E-state index in [1.54, 1.807) is 7.11 Å². The predicted molar refractivity (Wildman–Crippen MR) is 77.1 cm³/mol. The second kappa shape index (κ2) is 7.79. The Morgan fingerprint density at radius 1 is 1.42 bits per heavy atom. The summed E-state index contributed by atoms with van der Waals surface area (Å²) in [6, 6.07) is 7.71. The van der Waals surface area contributed by atoms with Crippen LogP contribution in [-0.4, -0.2) is 25.6 Å². The minimum Gasteiger partial charge on any atom is -0.497 e. The largest absolute Gasteiger partial charge is 0.497 e. The van der Waals surface area contributed by atoms with E-state index in [1.807, 2.05) is 24.3 Å². The van der Waals surface area contributed by atoms with Gasteiger partial charge in [-0.05, 0) is 36.6 Å². The number of amides is 1. The Morgan fingerprint density at radius 3 is 2.74 bits per heavy atom. The molecule has 0 bridgehead atoms. The van der Waals surface area contributed by atoms with Gasteiger partial charge in [0.15, 0.2) is 0 Å². The number of hydrogen-bond donors (Lipinski definition) is 2. The van der Waals surface area contributed by atoms with Gasteiger partial charge in [-0.15, -0.1) is 0 Å². The predicted octanol–water partition coefficient (Wildman–Crippen LogP) is 1.73. The molecule has 4 nitrogen and oxygen atoms in total. The molecular weight excluding hydrogens is 240 g/mol. The summed E-state index contributed by atoms with van der Waals surface area (Å²) in [6.45, 7) is 4.76. The molecular formula is C15H24N2O2. The Hall–Kier alpha value is -1.55. The molecule has 0 radical (unpaired) electrons. The highest BCUT2D eigenvalue weighted by molar-refractivity contribution is 5.79. The number of carbonyl (C=O) groups is 1.